The van der Waals surface area contributed by atoms with E-state index in [0.717, 1.165) is 32.9 Å². The van der Waals surface area contributed by atoms with Gasteiger partial charge in [-0.2, -0.15) is 4.31 Å². The van der Waals surface area contributed by atoms with Crippen LogP contribution in [0, 0.1) is 0 Å². The molecule has 0 bridgehead atoms. The Morgan fingerprint density at radius 1 is 0.941 bits per heavy atom. The number of nitrogens with zero attached hydrogens (tertiary/aromatic N) is 3. The van der Waals surface area contributed by atoms with Crippen molar-refractivity contribution >= 4 is 43.4 Å². The molecule has 9 heteroatoms. The van der Waals surface area contributed by atoms with Crippen LogP contribution in [0.4, 0.5) is 5.69 Å². The summed E-state index contributed by atoms with van der Waals surface area (Å²) in [6, 6.07) is 16.3. The molecule has 8 nitrogen and oxygen atoms in total. The van der Waals surface area contributed by atoms with Crippen LogP contribution in [0.2, 0.25) is 0 Å². The molecule has 0 aliphatic heterocycles. The molecule has 178 valence electrons. The zero-order chi connectivity index (χ0) is 24.5. The fraction of sp³-hybridized carbons (Fsp3) is 0.280. The highest BCUT2D eigenvalue weighted by Crippen LogP contribution is 2.31. The second kappa shape index (κ2) is 9.44. The number of carbonyl (C=O) groups is 1. The molecule has 2 aromatic carbocycles. The van der Waals surface area contributed by atoms with Crippen molar-refractivity contribution in [3.05, 3.63) is 71.1 Å². The summed E-state index contributed by atoms with van der Waals surface area (Å²) in [7, 11) is -3.74. The van der Waals surface area contributed by atoms with Gasteiger partial charge in [-0.05, 0) is 37.3 Å². The third-order valence-corrected chi connectivity index (χ3v) is 8.02. The van der Waals surface area contributed by atoms with Crippen molar-refractivity contribution < 1.29 is 13.2 Å². The Kier molecular flexibility index (Phi) is 6.58. The summed E-state index contributed by atoms with van der Waals surface area (Å²) in [5.74, 6) is -0.418. The van der Waals surface area contributed by atoms with E-state index < -0.39 is 21.5 Å². The fourth-order valence-corrected chi connectivity index (χ4v) is 5.80. The van der Waals surface area contributed by atoms with Gasteiger partial charge in [0.15, 0.2) is 0 Å². The van der Waals surface area contributed by atoms with Gasteiger partial charge in [0, 0.05) is 59.4 Å². The Hall–Kier alpha value is -3.43. The van der Waals surface area contributed by atoms with E-state index in [1.54, 1.807) is 13.8 Å². The average molecular weight is 481 g/mol. The number of anilines is 1. The van der Waals surface area contributed by atoms with Crippen molar-refractivity contribution in [1.29, 1.82) is 0 Å². The molecular weight excluding hydrogens is 452 g/mol. The van der Waals surface area contributed by atoms with Crippen LogP contribution in [0.5, 0.6) is 0 Å². The summed E-state index contributed by atoms with van der Waals surface area (Å²) >= 11 is 0. The molecule has 0 spiro atoms. The highest BCUT2D eigenvalue weighted by molar-refractivity contribution is 7.89. The molecular formula is C25H28N4O4S. The minimum Gasteiger partial charge on any atom is -0.341 e. The van der Waals surface area contributed by atoms with E-state index in [4.69, 9.17) is 0 Å². The SMILES string of the molecule is CCN(CC)S(=O)(=O)c1ccc(=O)n(CC(=O)Nc2ccc3c(c2)c2ccccc2n3CC)c1. The van der Waals surface area contributed by atoms with Crippen LogP contribution in [0.1, 0.15) is 20.8 Å². The summed E-state index contributed by atoms with van der Waals surface area (Å²) in [6.45, 7) is 6.75. The van der Waals surface area contributed by atoms with Crippen molar-refractivity contribution in [2.24, 2.45) is 0 Å². The highest BCUT2D eigenvalue weighted by atomic mass is 32.2. The zero-order valence-electron chi connectivity index (χ0n) is 19.5. The number of aromatic nitrogens is 2. The number of fused-ring (bicyclic) bond motifs is 3. The second-order valence-electron chi connectivity index (χ2n) is 7.96. The Labute approximate surface area is 198 Å². The molecule has 1 amide bonds. The third-order valence-electron chi connectivity index (χ3n) is 5.99. The molecule has 34 heavy (non-hydrogen) atoms. The first kappa shape index (κ1) is 23.7. The van der Waals surface area contributed by atoms with Gasteiger partial charge in [-0.1, -0.05) is 32.0 Å². The number of hydrogen-bond donors (Lipinski definition) is 1. The average Bonchev–Trinajstić information content (AvgIpc) is 3.14. The molecule has 4 aromatic rings. The van der Waals surface area contributed by atoms with E-state index in [0.29, 0.717) is 18.8 Å². The van der Waals surface area contributed by atoms with Crippen molar-refractivity contribution in [2.45, 2.75) is 38.8 Å². The van der Waals surface area contributed by atoms with Gasteiger partial charge in [0.2, 0.25) is 15.9 Å². The van der Waals surface area contributed by atoms with E-state index in [-0.39, 0.29) is 11.4 Å². The number of para-hydroxylation sites is 1. The van der Waals surface area contributed by atoms with Gasteiger partial charge < -0.3 is 14.5 Å². The summed E-state index contributed by atoms with van der Waals surface area (Å²) in [4.78, 5) is 25.1. The lowest BCUT2D eigenvalue weighted by atomic mass is 10.1. The molecule has 0 unspecified atom stereocenters. The van der Waals surface area contributed by atoms with Gasteiger partial charge in [0.05, 0.1) is 4.90 Å². The molecule has 2 aromatic heterocycles. The normalized spacial score (nSPS) is 12.0. The van der Waals surface area contributed by atoms with E-state index >= 15 is 0 Å². The quantitative estimate of drug-likeness (QED) is 0.417. The Morgan fingerprint density at radius 3 is 2.35 bits per heavy atom. The topological polar surface area (TPSA) is 93.4 Å². The maximum Gasteiger partial charge on any atom is 0.251 e. The number of aryl methyl sites for hydroxylation is 1. The van der Waals surface area contributed by atoms with Crippen LogP contribution in [0.3, 0.4) is 0 Å². The Morgan fingerprint density at radius 2 is 1.65 bits per heavy atom. The molecule has 0 radical (unpaired) electrons. The lowest BCUT2D eigenvalue weighted by Gasteiger charge is -2.19. The van der Waals surface area contributed by atoms with E-state index in [1.807, 2.05) is 30.3 Å². The molecule has 1 N–H and O–H groups in total. The van der Waals surface area contributed by atoms with Gasteiger partial charge in [-0.15, -0.1) is 0 Å². The minimum absolute atomic E-state index is 0.0163. The number of amides is 1. The van der Waals surface area contributed by atoms with Crippen LogP contribution in [0.15, 0.2) is 70.5 Å². The molecule has 0 fully saturated rings. The van der Waals surface area contributed by atoms with Gasteiger partial charge in [-0.3, -0.25) is 9.59 Å². The molecule has 0 aliphatic rings. The summed E-state index contributed by atoms with van der Waals surface area (Å²) in [6.07, 6.45) is 1.23. The summed E-state index contributed by atoms with van der Waals surface area (Å²) in [5.41, 5.74) is 2.36. The number of sulfonamides is 1. The zero-order valence-corrected chi connectivity index (χ0v) is 20.3. The van der Waals surface area contributed by atoms with Crippen LogP contribution in [-0.2, 0) is 27.9 Å². The molecule has 0 aliphatic carbocycles. The maximum atomic E-state index is 12.8. The predicted molar refractivity (Wildman–Crippen MR) is 135 cm³/mol. The largest absolute Gasteiger partial charge is 0.341 e. The van der Waals surface area contributed by atoms with Crippen LogP contribution in [0.25, 0.3) is 21.8 Å². The number of benzene rings is 2. The minimum atomic E-state index is -3.74. The van der Waals surface area contributed by atoms with E-state index in [9.17, 15) is 18.0 Å². The Balaban J connectivity index is 1.61. The Bertz CT molecular complexity index is 1530. The van der Waals surface area contributed by atoms with Gasteiger partial charge in [0.25, 0.3) is 5.56 Å². The molecule has 0 atom stereocenters. The van der Waals surface area contributed by atoms with Crippen molar-refractivity contribution in [3.63, 3.8) is 0 Å². The molecule has 0 saturated carbocycles. The monoisotopic (exact) mass is 480 g/mol. The predicted octanol–water partition coefficient (Wildman–Crippen LogP) is 3.65. The van der Waals surface area contributed by atoms with Crippen LogP contribution in [-0.4, -0.2) is 40.9 Å². The van der Waals surface area contributed by atoms with E-state index in [2.05, 4.69) is 28.9 Å². The van der Waals surface area contributed by atoms with E-state index in [1.165, 1.54) is 22.6 Å². The first-order valence-corrected chi connectivity index (χ1v) is 12.8. The van der Waals surface area contributed by atoms with Crippen molar-refractivity contribution in [1.82, 2.24) is 13.4 Å². The third kappa shape index (κ3) is 4.24. The number of hydrogen-bond acceptors (Lipinski definition) is 4. The first-order valence-electron chi connectivity index (χ1n) is 11.3. The lowest BCUT2D eigenvalue weighted by molar-refractivity contribution is -0.116. The number of rotatable bonds is 8. The maximum absolute atomic E-state index is 12.8. The second-order valence-corrected chi connectivity index (χ2v) is 9.90. The van der Waals surface area contributed by atoms with Crippen LogP contribution < -0.4 is 10.9 Å². The summed E-state index contributed by atoms with van der Waals surface area (Å²) < 4.78 is 30.2. The van der Waals surface area contributed by atoms with Crippen molar-refractivity contribution in [2.75, 3.05) is 18.4 Å². The van der Waals surface area contributed by atoms with Gasteiger partial charge >= 0.3 is 0 Å². The highest BCUT2D eigenvalue weighted by Gasteiger charge is 2.22. The molecule has 2 heterocycles. The van der Waals surface area contributed by atoms with Crippen molar-refractivity contribution in [3.8, 4) is 0 Å². The molecule has 4 rings (SSSR count). The first-order chi connectivity index (χ1) is 16.3. The standard InChI is InChI=1S/C25H28N4O4S/c1-4-28(5-2)34(32,33)19-12-14-25(31)27(16-19)17-24(30)26-18-11-13-23-21(15-18)20-9-7-8-10-22(20)29(23)6-3/h7-16H,4-6,17H2,1-3H3,(H,26,30). The number of carbonyl (C=O) groups excluding carboxylic acids is 1. The number of nitrogens with one attached hydrogen (secondary N) is 1. The smallest absolute Gasteiger partial charge is 0.251 e. The lowest BCUT2D eigenvalue weighted by Crippen LogP contribution is -2.33. The fourth-order valence-electron chi connectivity index (χ4n) is 4.33. The number of pyridine rings is 1. The van der Waals surface area contributed by atoms with Gasteiger partial charge in [0.1, 0.15) is 6.54 Å². The van der Waals surface area contributed by atoms with Crippen LogP contribution >= 0.6 is 0 Å². The van der Waals surface area contributed by atoms with Gasteiger partial charge in [-0.25, -0.2) is 8.42 Å². The molecule has 0 saturated heterocycles. The summed E-state index contributed by atoms with van der Waals surface area (Å²) in [5, 5.41) is 4.96.